The summed E-state index contributed by atoms with van der Waals surface area (Å²) < 4.78 is 11.9. The molecule has 0 saturated heterocycles. The quantitative estimate of drug-likeness (QED) is 0.609. The Hall–Kier alpha value is -3.36. The molecule has 160 valence electrons. The number of anilines is 1. The van der Waals surface area contributed by atoms with E-state index in [4.69, 9.17) is 21.1 Å². The minimum Gasteiger partial charge on any atom is -0.454 e. The number of aliphatic hydroxyl groups excluding tert-OH is 1. The second-order valence-electron chi connectivity index (χ2n) is 6.99. The minimum absolute atomic E-state index is 0.133. The third-order valence-electron chi connectivity index (χ3n) is 4.87. The molecule has 1 aromatic heterocycles. The first kappa shape index (κ1) is 20.9. The molecule has 2 aromatic carbocycles. The number of carbonyl (C=O) groups is 1. The Morgan fingerprint density at radius 2 is 2.03 bits per heavy atom. The Bertz CT molecular complexity index is 1210. The first-order chi connectivity index (χ1) is 15.0. The highest BCUT2D eigenvalue weighted by atomic mass is 35.5. The average molecular weight is 442 g/mol. The number of hydrogen-bond donors (Lipinski definition) is 2. The Labute approximate surface area is 183 Å². The van der Waals surface area contributed by atoms with Gasteiger partial charge in [0, 0.05) is 46.6 Å². The van der Waals surface area contributed by atoms with Gasteiger partial charge < -0.3 is 19.9 Å². The van der Waals surface area contributed by atoms with Gasteiger partial charge in [-0.2, -0.15) is 0 Å². The van der Waals surface area contributed by atoms with Gasteiger partial charge in [0.05, 0.1) is 0 Å². The van der Waals surface area contributed by atoms with Gasteiger partial charge in [-0.05, 0) is 31.2 Å². The van der Waals surface area contributed by atoms with Crippen LogP contribution in [0.2, 0.25) is 5.02 Å². The number of nitrogens with zero attached hydrogens (tertiary/aromatic N) is 2. The van der Waals surface area contributed by atoms with Crippen LogP contribution in [0.15, 0.2) is 47.3 Å². The molecule has 31 heavy (non-hydrogen) atoms. The summed E-state index contributed by atoms with van der Waals surface area (Å²) in [7, 11) is 0. The van der Waals surface area contributed by atoms with Crippen molar-refractivity contribution in [2.75, 3.05) is 18.7 Å². The van der Waals surface area contributed by atoms with Gasteiger partial charge in [0.25, 0.3) is 5.56 Å². The molecule has 2 N–H and O–H groups in total. The van der Waals surface area contributed by atoms with Gasteiger partial charge >= 0.3 is 0 Å². The summed E-state index contributed by atoms with van der Waals surface area (Å²) in [5.41, 5.74) is 1.62. The van der Waals surface area contributed by atoms with Gasteiger partial charge in [-0.15, -0.1) is 0 Å². The van der Waals surface area contributed by atoms with Crippen LogP contribution < -0.4 is 20.3 Å². The lowest BCUT2D eigenvalue weighted by atomic mass is 10.1. The number of nitrogens with one attached hydrogen (secondary N) is 1. The number of amides is 1. The zero-order valence-electron chi connectivity index (χ0n) is 16.7. The predicted molar refractivity (Wildman–Crippen MR) is 116 cm³/mol. The van der Waals surface area contributed by atoms with E-state index >= 15 is 0 Å². The first-order valence-corrected chi connectivity index (χ1v) is 10.0. The molecule has 8 nitrogen and oxygen atoms in total. The van der Waals surface area contributed by atoms with E-state index < -0.39 is 5.91 Å². The summed E-state index contributed by atoms with van der Waals surface area (Å²) in [6, 6.07) is 12.0. The molecule has 1 aliphatic heterocycles. The fraction of sp³-hybridized carbons (Fsp3) is 0.227. The monoisotopic (exact) mass is 441 g/mol. The zero-order valence-corrected chi connectivity index (χ0v) is 17.5. The normalized spacial score (nSPS) is 12.1. The highest BCUT2D eigenvalue weighted by Gasteiger charge is 2.19. The van der Waals surface area contributed by atoms with E-state index in [1.54, 1.807) is 49.4 Å². The SMILES string of the molecule is Cc1nc(-c2cccc(Cl)c2)n(CC(=O)Nc2ccc3c(c2)OCO3)c(=O)c1CCO. The van der Waals surface area contributed by atoms with Crippen molar-refractivity contribution >= 4 is 23.2 Å². The van der Waals surface area contributed by atoms with Crippen molar-refractivity contribution in [2.24, 2.45) is 0 Å². The fourth-order valence-electron chi connectivity index (χ4n) is 3.41. The fourth-order valence-corrected chi connectivity index (χ4v) is 3.60. The summed E-state index contributed by atoms with van der Waals surface area (Å²) in [6.07, 6.45) is 0.150. The number of benzene rings is 2. The van der Waals surface area contributed by atoms with Gasteiger partial charge in [-0.25, -0.2) is 4.98 Å². The molecule has 0 bridgehead atoms. The molecule has 0 saturated carbocycles. The Kier molecular flexibility index (Phi) is 5.92. The maximum absolute atomic E-state index is 13.2. The van der Waals surface area contributed by atoms with Crippen molar-refractivity contribution in [1.29, 1.82) is 0 Å². The van der Waals surface area contributed by atoms with Crippen molar-refractivity contribution in [2.45, 2.75) is 19.9 Å². The van der Waals surface area contributed by atoms with Crippen LogP contribution in [0.1, 0.15) is 11.3 Å². The van der Waals surface area contributed by atoms with Gasteiger partial charge in [0.15, 0.2) is 11.5 Å². The summed E-state index contributed by atoms with van der Waals surface area (Å²) in [4.78, 5) is 30.5. The van der Waals surface area contributed by atoms with E-state index in [0.29, 0.717) is 44.9 Å². The van der Waals surface area contributed by atoms with Crippen LogP contribution in [-0.4, -0.2) is 34.0 Å². The number of halogens is 1. The third-order valence-corrected chi connectivity index (χ3v) is 5.11. The Balaban J connectivity index is 1.69. The van der Waals surface area contributed by atoms with Crippen molar-refractivity contribution < 1.29 is 19.4 Å². The molecular weight excluding hydrogens is 422 g/mol. The van der Waals surface area contributed by atoms with Crippen LogP contribution in [0.4, 0.5) is 5.69 Å². The van der Waals surface area contributed by atoms with E-state index in [1.165, 1.54) is 4.57 Å². The number of carbonyl (C=O) groups excluding carboxylic acids is 1. The van der Waals surface area contributed by atoms with E-state index in [0.717, 1.165) is 0 Å². The first-order valence-electron chi connectivity index (χ1n) is 9.63. The number of aromatic nitrogens is 2. The smallest absolute Gasteiger partial charge is 0.257 e. The Morgan fingerprint density at radius 1 is 1.23 bits per heavy atom. The molecule has 0 atom stereocenters. The topological polar surface area (TPSA) is 103 Å². The van der Waals surface area contributed by atoms with E-state index in [-0.39, 0.29) is 31.9 Å². The maximum Gasteiger partial charge on any atom is 0.257 e. The van der Waals surface area contributed by atoms with Gasteiger partial charge in [0.2, 0.25) is 12.7 Å². The lowest BCUT2D eigenvalue weighted by Crippen LogP contribution is -2.33. The number of aryl methyl sites for hydroxylation is 1. The molecule has 2 heterocycles. The number of aliphatic hydroxyl groups is 1. The second kappa shape index (κ2) is 8.79. The summed E-state index contributed by atoms with van der Waals surface area (Å²) >= 11 is 6.12. The van der Waals surface area contributed by atoms with Gasteiger partial charge in [0.1, 0.15) is 12.4 Å². The molecule has 0 unspecified atom stereocenters. The molecule has 0 aliphatic carbocycles. The van der Waals surface area contributed by atoms with E-state index in [1.807, 2.05) is 0 Å². The molecular formula is C22H20ClN3O5. The Morgan fingerprint density at radius 3 is 2.81 bits per heavy atom. The lowest BCUT2D eigenvalue weighted by Gasteiger charge is -2.16. The summed E-state index contributed by atoms with van der Waals surface area (Å²) in [5, 5.41) is 12.6. The van der Waals surface area contributed by atoms with Crippen molar-refractivity contribution in [3.05, 3.63) is 69.1 Å². The van der Waals surface area contributed by atoms with Gasteiger partial charge in [-0.3, -0.25) is 14.2 Å². The van der Waals surface area contributed by atoms with Crippen LogP contribution in [-0.2, 0) is 17.8 Å². The summed E-state index contributed by atoms with van der Waals surface area (Å²) in [5.74, 6) is 1.06. The van der Waals surface area contributed by atoms with Crippen LogP contribution in [0, 0.1) is 6.92 Å². The number of hydrogen-bond acceptors (Lipinski definition) is 6. The average Bonchev–Trinajstić information content (AvgIpc) is 3.21. The molecule has 0 fully saturated rings. The molecule has 4 rings (SSSR count). The zero-order chi connectivity index (χ0) is 22.0. The van der Waals surface area contributed by atoms with Crippen LogP contribution in [0.25, 0.3) is 11.4 Å². The number of rotatable bonds is 6. The molecule has 3 aromatic rings. The van der Waals surface area contributed by atoms with Crippen molar-refractivity contribution in [3.63, 3.8) is 0 Å². The molecule has 1 aliphatic rings. The van der Waals surface area contributed by atoms with Crippen molar-refractivity contribution in [3.8, 4) is 22.9 Å². The van der Waals surface area contributed by atoms with E-state index in [2.05, 4.69) is 10.3 Å². The lowest BCUT2D eigenvalue weighted by molar-refractivity contribution is -0.116. The number of fused-ring (bicyclic) bond motifs is 1. The van der Waals surface area contributed by atoms with E-state index in [9.17, 15) is 14.7 Å². The summed E-state index contributed by atoms with van der Waals surface area (Å²) in [6.45, 7) is 1.38. The van der Waals surface area contributed by atoms with Gasteiger partial charge in [-0.1, -0.05) is 23.7 Å². The minimum atomic E-state index is -0.412. The van der Waals surface area contributed by atoms with Crippen LogP contribution >= 0.6 is 11.6 Å². The predicted octanol–water partition coefficient (Wildman–Crippen LogP) is 2.77. The molecule has 0 radical (unpaired) electrons. The second-order valence-corrected chi connectivity index (χ2v) is 7.43. The molecule has 1 amide bonds. The third kappa shape index (κ3) is 4.40. The largest absolute Gasteiger partial charge is 0.454 e. The molecule has 9 heteroatoms. The molecule has 0 spiro atoms. The van der Waals surface area contributed by atoms with Crippen LogP contribution in [0.3, 0.4) is 0 Å². The highest BCUT2D eigenvalue weighted by Crippen LogP contribution is 2.34. The highest BCUT2D eigenvalue weighted by molar-refractivity contribution is 6.30. The van der Waals surface area contributed by atoms with Crippen LogP contribution in [0.5, 0.6) is 11.5 Å². The standard InChI is InChI=1S/C22H20ClN3O5/c1-13-17(7-8-27)22(29)26(21(24-13)14-3-2-4-15(23)9-14)11-20(28)25-16-5-6-18-19(10-16)31-12-30-18/h2-6,9-10,27H,7-8,11-12H2,1H3,(H,25,28). The maximum atomic E-state index is 13.2. The van der Waals surface area contributed by atoms with Crippen molar-refractivity contribution in [1.82, 2.24) is 9.55 Å². The number of ether oxygens (including phenoxy) is 2.